The molecule has 2 heterocycles. The van der Waals surface area contributed by atoms with Crippen molar-refractivity contribution in [1.82, 2.24) is 5.32 Å². The minimum absolute atomic E-state index is 0.0153. The molecule has 4 nitrogen and oxygen atoms in total. The molecule has 0 spiro atoms. The van der Waals surface area contributed by atoms with Crippen LogP contribution in [0.25, 0.3) is 0 Å². The largest absolute Gasteiger partial charge is 0.506 e. The van der Waals surface area contributed by atoms with Gasteiger partial charge in [0.15, 0.2) is 0 Å². The molecule has 1 aromatic heterocycles. The van der Waals surface area contributed by atoms with Crippen LogP contribution in [0.5, 0.6) is 0 Å². The minimum atomic E-state index is -0.458. The monoisotopic (exact) mass is 293 g/mol. The number of carbonyl (C=O) groups is 1. The average Bonchev–Trinajstić information content (AvgIpc) is 2.94. The predicted molar refractivity (Wildman–Crippen MR) is 80.5 cm³/mol. The molecule has 0 bridgehead atoms. The van der Waals surface area contributed by atoms with E-state index in [2.05, 4.69) is 5.32 Å². The molecule has 0 radical (unpaired) electrons. The lowest BCUT2D eigenvalue weighted by Crippen LogP contribution is -2.41. The fourth-order valence-electron chi connectivity index (χ4n) is 2.13. The van der Waals surface area contributed by atoms with Crippen LogP contribution in [0, 0.1) is 0 Å². The maximum atomic E-state index is 12.2. The summed E-state index contributed by atoms with van der Waals surface area (Å²) < 4.78 is 12.9. The van der Waals surface area contributed by atoms with Gasteiger partial charge in [0.2, 0.25) is 0 Å². The van der Waals surface area contributed by atoms with Crippen LogP contribution >= 0.6 is 11.3 Å². The van der Waals surface area contributed by atoms with Crippen molar-refractivity contribution in [3.8, 4) is 0 Å². The van der Waals surface area contributed by atoms with Crippen LogP contribution in [0.15, 0.2) is 11.4 Å². The standard InChI is InChI=1S/C14H20BNO3S/c1-13(2)14(3,4)19-15(18-13)11-10(7-8-20-11)12(17)16-9-5-6-9/h7-9H,5-6H2,1-4H3,(H,16,17). The average molecular weight is 293 g/mol. The molecule has 1 N–H and O–H groups in total. The van der Waals surface area contributed by atoms with Crippen LogP contribution < -0.4 is 10.1 Å². The zero-order valence-electron chi connectivity index (χ0n) is 12.4. The Morgan fingerprint density at radius 2 is 1.90 bits per heavy atom. The number of amides is 1. The summed E-state index contributed by atoms with van der Waals surface area (Å²) in [5.41, 5.74) is -0.0852. The molecule has 0 unspecified atom stereocenters. The summed E-state index contributed by atoms with van der Waals surface area (Å²) in [6.45, 7) is 8.07. The SMILES string of the molecule is CC1(C)OB(c2sccc2C(=O)NC2CC2)OC1(C)C. The van der Waals surface area contributed by atoms with Gasteiger partial charge in [-0.15, -0.1) is 0 Å². The van der Waals surface area contributed by atoms with Crippen LogP contribution in [0.1, 0.15) is 50.9 Å². The van der Waals surface area contributed by atoms with Crippen molar-refractivity contribution in [2.45, 2.75) is 57.8 Å². The van der Waals surface area contributed by atoms with Crippen molar-refractivity contribution in [3.05, 3.63) is 17.0 Å². The van der Waals surface area contributed by atoms with Gasteiger partial charge in [-0.25, -0.2) is 0 Å². The Balaban J connectivity index is 1.81. The minimum Gasteiger partial charge on any atom is -0.399 e. The number of hydrogen-bond acceptors (Lipinski definition) is 4. The normalized spacial score (nSPS) is 23.9. The maximum Gasteiger partial charge on any atom is 0.506 e. The Morgan fingerprint density at radius 3 is 2.45 bits per heavy atom. The van der Waals surface area contributed by atoms with Crippen molar-refractivity contribution in [1.29, 1.82) is 0 Å². The van der Waals surface area contributed by atoms with Gasteiger partial charge >= 0.3 is 7.12 Å². The van der Waals surface area contributed by atoms with Gasteiger partial charge in [0, 0.05) is 16.4 Å². The summed E-state index contributed by atoms with van der Waals surface area (Å²) in [6, 6.07) is 2.21. The van der Waals surface area contributed by atoms with Crippen molar-refractivity contribution in [3.63, 3.8) is 0 Å². The predicted octanol–water partition coefficient (Wildman–Crippen LogP) is 1.94. The fourth-order valence-corrected chi connectivity index (χ4v) is 2.98. The van der Waals surface area contributed by atoms with Crippen LogP contribution in [0.2, 0.25) is 0 Å². The third kappa shape index (κ3) is 2.40. The van der Waals surface area contributed by atoms with E-state index in [1.807, 2.05) is 39.1 Å². The molecule has 20 heavy (non-hydrogen) atoms. The van der Waals surface area contributed by atoms with Gasteiger partial charge in [-0.1, -0.05) is 0 Å². The molecular formula is C14H20BNO3S. The van der Waals surface area contributed by atoms with E-state index < -0.39 is 7.12 Å². The van der Waals surface area contributed by atoms with Gasteiger partial charge in [0.1, 0.15) is 0 Å². The molecule has 0 atom stereocenters. The number of nitrogens with one attached hydrogen (secondary N) is 1. The summed E-state index contributed by atoms with van der Waals surface area (Å²) in [4.78, 5) is 12.2. The van der Waals surface area contributed by atoms with E-state index in [9.17, 15) is 4.79 Å². The van der Waals surface area contributed by atoms with Crippen LogP contribution in [-0.2, 0) is 9.31 Å². The molecule has 1 aliphatic heterocycles. The number of carbonyl (C=O) groups excluding carboxylic acids is 1. The second-order valence-corrected chi connectivity index (χ2v) is 7.48. The molecule has 6 heteroatoms. The fraction of sp³-hybridized carbons (Fsp3) is 0.643. The molecule has 108 valence electrons. The molecule has 1 amide bonds. The molecule has 0 aromatic carbocycles. The quantitative estimate of drug-likeness (QED) is 0.866. The third-order valence-electron chi connectivity index (χ3n) is 4.32. The van der Waals surface area contributed by atoms with Crippen molar-refractivity contribution in [2.24, 2.45) is 0 Å². The molecule has 1 saturated carbocycles. The molecule has 2 fully saturated rings. The summed E-state index contributed by atoms with van der Waals surface area (Å²) >= 11 is 1.51. The van der Waals surface area contributed by atoms with E-state index >= 15 is 0 Å². The lowest BCUT2D eigenvalue weighted by Gasteiger charge is -2.32. The van der Waals surface area contributed by atoms with Crippen molar-refractivity contribution < 1.29 is 14.1 Å². The van der Waals surface area contributed by atoms with Crippen LogP contribution in [0.4, 0.5) is 0 Å². The summed E-state index contributed by atoms with van der Waals surface area (Å²) in [5.74, 6) is -0.0153. The summed E-state index contributed by atoms with van der Waals surface area (Å²) in [6.07, 6.45) is 2.17. The zero-order chi connectivity index (χ0) is 14.5. The number of hydrogen-bond donors (Lipinski definition) is 1. The Hall–Kier alpha value is -0.845. The second kappa shape index (κ2) is 4.58. The Labute approximate surface area is 124 Å². The molecule has 2 aliphatic rings. The van der Waals surface area contributed by atoms with Gasteiger partial charge in [0.25, 0.3) is 5.91 Å². The maximum absolute atomic E-state index is 12.2. The Kier molecular flexibility index (Phi) is 3.23. The Morgan fingerprint density at radius 1 is 1.30 bits per heavy atom. The van der Waals surface area contributed by atoms with E-state index in [0.29, 0.717) is 11.6 Å². The van der Waals surface area contributed by atoms with Crippen LogP contribution in [0.3, 0.4) is 0 Å². The Bertz CT molecular complexity index is 520. The van der Waals surface area contributed by atoms with Gasteiger partial charge in [-0.05, 0) is 52.0 Å². The van der Waals surface area contributed by atoms with E-state index in [0.717, 1.165) is 17.6 Å². The van der Waals surface area contributed by atoms with Gasteiger partial charge in [0.05, 0.1) is 11.2 Å². The highest BCUT2D eigenvalue weighted by Crippen LogP contribution is 2.37. The molecule has 1 aliphatic carbocycles. The lowest BCUT2D eigenvalue weighted by atomic mass is 9.84. The van der Waals surface area contributed by atoms with E-state index in [4.69, 9.17) is 9.31 Å². The summed E-state index contributed by atoms with van der Waals surface area (Å²) in [5, 5.41) is 4.94. The van der Waals surface area contributed by atoms with E-state index in [-0.39, 0.29) is 17.1 Å². The van der Waals surface area contributed by atoms with E-state index in [1.54, 1.807) is 0 Å². The molecule has 1 aromatic rings. The number of rotatable bonds is 3. The van der Waals surface area contributed by atoms with Gasteiger partial charge in [-0.2, -0.15) is 11.3 Å². The molecular weight excluding hydrogens is 273 g/mol. The first-order valence-corrected chi connectivity index (χ1v) is 7.92. The zero-order valence-corrected chi connectivity index (χ0v) is 13.2. The van der Waals surface area contributed by atoms with Crippen molar-refractivity contribution in [2.75, 3.05) is 0 Å². The summed E-state index contributed by atoms with van der Waals surface area (Å²) in [7, 11) is -0.458. The van der Waals surface area contributed by atoms with Crippen molar-refractivity contribution >= 4 is 29.1 Å². The highest BCUT2D eigenvalue weighted by Gasteiger charge is 2.53. The molecule has 1 saturated heterocycles. The first-order valence-electron chi connectivity index (χ1n) is 7.04. The lowest BCUT2D eigenvalue weighted by molar-refractivity contribution is 0.00578. The first-order chi connectivity index (χ1) is 9.30. The second-order valence-electron chi connectivity index (χ2n) is 6.53. The highest BCUT2D eigenvalue weighted by atomic mass is 32.1. The van der Waals surface area contributed by atoms with Crippen LogP contribution in [-0.4, -0.2) is 30.3 Å². The third-order valence-corrected chi connectivity index (χ3v) is 5.26. The number of thiophene rings is 1. The van der Waals surface area contributed by atoms with Gasteiger partial charge in [-0.3, -0.25) is 4.79 Å². The first kappa shape index (κ1) is 14.1. The smallest absolute Gasteiger partial charge is 0.399 e. The van der Waals surface area contributed by atoms with Gasteiger partial charge < -0.3 is 14.6 Å². The van der Waals surface area contributed by atoms with E-state index in [1.165, 1.54) is 11.3 Å². The highest BCUT2D eigenvalue weighted by molar-refractivity contribution is 7.21. The molecule has 3 rings (SSSR count). The topological polar surface area (TPSA) is 47.6 Å².